The normalized spacial score (nSPS) is 11.2. The van der Waals surface area contributed by atoms with Gasteiger partial charge in [-0.3, -0.25) is 14.6 Å². The Hall–Kier alpha value is -2.39. The Kier molecular flexibility index (Phi) is 5.02. The number of aromatic nitrogens is 2. The summed E-state index contributed by atoms with van der Waals surface area (Å²) in [6.45, 7) is 0. The van der Waals surface area contributed by atoms with Gasteiger partial charge in [0.15, 0.2) is 0 Å². The summed E-state index contributed by atoms with van der Waals surface area (Å²) in [6.07, 6.45) is 0.921. The van der Waals surface area contributed by atoms with E-state index in [-0.39, 0.29) is 29.2 Å². The zero-order valence-corrected chi connectivity index (χ0v) is 13.2. The van der Waals surface area contributed by atoms with Gasteiger partial charge in [0.25, 0.3) is 15.6 Å². The minimum absolute atomic E-state index is 0.00187. The first-order valence-corrected chi connectivity index (χ1v) is 8.22. The number of hydrogen-bond acceptors (Lipinski definition) is 5. The van der Waals surface area contributed by atoms with Crippen LogP contribution in [0.15, 0.2) is 40.2 Å². The summed E-state index contributed by atoms with van der Waals surface area (Å²) in [5, 5.41) is 8.97. The molecule has 8 nitrogen and oxygen atoms in total. The molecule has 1 aromatic carbocycles. The minimum Gasteiger partial charge on any atom is -0.481 e. The minimum atomic E-state index is -3.92. The van der Waals surface area contributed by atoms with Gasteiger partial charge >= 0.3 is 5.97 Å². The zero-order chi connectivity index (χ0) is 17.0. The SMILES string of the molecule is O=C(O)CCc1cnc(NS(=O)(=O)c2ccc(Cl)cc2)[nH]c1=O. The van der Waals surface area contributed by atoms with Crippen LogP contribution in [0.5, 0.6) is 0 Å². The fourth-order valence-corrected chi connectivity index (χ4v) is 2.79. The highest BCUT2D eigenvalue weighted by Crippen LogP contribution is 2.16. The fourth-order valence-electron chi connectivity index (χ4n) is 1.69. The number of aliphatic carboxylic acids is 1. The zero-order valence-electron chi connectivity index (χ0n) is 11.6. The Morgan fingerprint density at radius 1 is 1.30 bits per heavy atom. The van der Waals surface area contributed by atoms with E-state index >= 15 is 0 Å². The summed E-state index contributed by atoms with van der Waals surface area (Å²) < 4.78 is 26.4. The Morgan fingerprint density at radius 3 is 2.52 bits per heavy atom. The summed E-state index contributed by atoms with van der Waals surface area (Å²) in [4.78, 5) is 28.3. The summed E-state index contributed by atoms with van der Waals surface area (Å²) in [5.74, 6) is -1.30. The Balaban J connectivity index is 2.20. The van der Waals surface area contributed by atoms with Gasteiger partial charge in [0.1, 0.15) is 0 Å². The number of halogens is 1. The van der Waals surface area contributed by atoms with Gasteiger partial charge in [-0.2, -0.15) is 0 Å². The first-order chi connectivity index (χ1) is 10.8. The van der Waals surface area contributed by atoms with E-state index in [9.17, 15) is 18.0 Å². The molecule has 1 aromatic heterocycles. The molecule has 0 aliphatic rings. The standard InChI is InChI=1S/C13H12ClN3O5S/c14-9-2-4-10(5-3-9)23(21,22)17-13-15-7-8(12(20)16-13)1-6-11(18)19/h2-5,7H,1,6H2,(H,18,19)(H2,15,16,17,20). The highest BCUT2D eigenvalue weighted by molar-refractivity contribution is 7.92. The fraction of sp³-hybridized carbons (Fsp3) is 0.154. The van der Waals surface area contributed by atoms with Crippen molar-refractivity contribution in [1.29, 1.82) is 0 Å². The van der Waals surface area contributed by atoms with Crippen molar-refractivity contribution in [3.63, 3.8) is 0 Å². The van der Waals surface area contributed by atoms with Crippen LogP contribution in [-0.4, -0.2) is 29.5 Å². The van der Waals surface area contributed by atoms with Crippen LogP contribution < -0.4 is 10.3 Å². The number of anilines is 1. The number of nitrogens with zero attached hydrogens (tertiary/aromatic N) is 1. The number of nitrogens with one attached hydrogen (secondary N) is 2. The van der Waals surface area contributed by atoms with Gasteiger partial charge in [-0.25, -0.2) is 18.1 Å². The van der Waals surface area contributed by atoms with E-state index in [4.69, 9.17) is 16.7 Å². The van der Waals surface area contributed by atoms with Crippen LogP contribution in [0.2, 0.25) is 5.02 Å². The predicted octanol–water partition coefficient (Wildman–Crippen LogP) is 1.24. The van der Waals surface area contributed by atoms with Gasteiger partial charge in [0.05, 0.1) is 4.90 Å². The molecule has 0 atom stereocenters. The number of carbonyl (C=O) groups is 1. The molecular weight excluding hydrogens is 346 g/mol. The molecule has 122 valence electrons. The van der Waals surface area contributed by atoms with Crippen molar-refractivity contribution < 1.29 is 18.3 Å². The third-order valence-electron chi connectivity index (χ3n) is 2.84. The lowest BCUT2D eigenvalue weighted by Gasteiger charge is -2.07. The maximum absolute atomic E-state index is 12.1. The molecule has 0 fully saturated rings. The maximum atomic E-state index is 12.1. The third kappa shape index (κ3) is 4.54. The van der Waals surface area contributed by atoms with Gasteiger partial charge in [0, 0.05) is 23.2 Å². The number of aryl methyl sites for hydroxylation is 1. The molecule has 0 aliphatic carbocycles. The lowest BCUT2D eigenvalue weighted by molar-refractivity contribution is -0.136. The van der Waals surface area contributed by atoms with Crippen molar-refractivity contribution in [2.75, 3.05) is 4.72 Å². The largest absolute Gasteiger partial charge is 0.481 e. The Labute approximate surface area is 136 Å². The summed E-state index contributed by atoms with van der Waals surface area (Å²) in [6, 6.07) is 5.45. The average Bonchev–Trinajstić information content (AvgIpc) is 2.46. The average molecular weight is 358 g/mol. The number of H-pyrrole nitrogens is 1. The summed E-state index contributed by atoms with van der Waals surface area (Å²) in [5.41, 5.74) is -0.447. The van der Waals surface area contributed by atoms with Gasteiger partial charge in [-0.15, -0.1) is 0 Å². The van der Waals surface area contributed by atoms with Crippen LogP contribution in [0.3, 0.4) is 0 Å². The lowest BCUT2D eigenvalue weighted by Crippen LogP contribution is -2.21. The number of carboxylic acids is 1. The molecule has 0 aliphatic heterocycles. The molecule has 0 bridgehead atoms. The van der Waals surface area contributed by atoms with Crippen LogP contribution in [0.25, 0.3) is 0 Å². The highest BCUT2D eigenvalue weighted by atomic mass is 35.5. The summed E-state index contributed by atoms with van der Waals surface area (Å²) >= 11 is 5.70. The second-order valence-electron chi connectivity index (χ2n) is 4.54. The predicted molar refractivity (Wildman–Crippen MR) is 83.1 cm³/mol. The van der Waals surface area contributed by atoms with Crippen LogP contribution in [0.4, 0.5) is 5.95 Å². The molecule has 0 saturated heterocycles. The summed E-state index contributed by atoms with van der Waals surface area (Å²) in [7, 11) is -3.92. The molecule has 2 rings (SSSR count). The topological polar surface area (TPSA) is 129 Å². The number of hydrogen-bond donors (Lipinski definition) is 3. The first-order valence-electron chi connectivity index (χ1n) is 6.36. The highest BCUT2D eigenvalue weighted by Gasteiger charge is 2.16. The maximum Gasteiger partial charge on any atom is 0.303 e. The van der Waals surface area contributed by atoms with Gasteiger partial charge in [-0.1, -0.05) is 11.6 Å². The van der Waals surface area contributed by atoms with E-state index in [1.165, 1.54) is 24.3 Å². The number of carboxylic acid groups (broad SMARTS) is 1. The van der Waals surface area contributed by atoms with Crippen molar-refractivity contribution in [1.82, 2.24) is 9.97 Å². The number of rotatable bonds is 6. The Morgan fingerprint density at radius 2 is 1.96 bits per heavy atom. The molecular formula is C13H12ClN3O5S. The van der Waals surface area contributed by atoms with Crippen LogP contribution >= 0.6 is 11.6 Å². The number of sulfonamides is 1. The van der Waals surface area contributed by atoms with E-state index in [0.717, 1.165) is 6.20 Å². The van der Waals surface area contributed by atoms with Gasteiger partial charge < -0.3 is 5.11 Å². The molecule has 0 saturated carbocycles. The Bertz CT molecular complexity index is 877. The van der Waals surface area contributed by atoms with E-state index in [2.05, 4.69) is 14.7 Å². The molecule has 0 radical (unpaired) electrons. The van der Waals surface area contributed by atoms with Crippen LogP contribution in [0.1, 0.15) is 12.0 Å². The quantitative estimate of drug-likeness (QED) is 0.713. The molecule has 0 spiro atoms. The molecule has 3 N–H and O–H groups in total. The van der Waals surface area contributed by atoms with E-state index in [1.54, 1.807) is 0 Å². The van der Waals surface area contributed by atoms with Crippen LogP contribution in [0, 0.1) is 0 Å². The molecule has 1 heterocycles. The van der Waals surface area contributed by atoms with Crippen molar-refractivity contribution in [2.24, 2.45) is 0 Å². The molecule has 2 aromatic rings. The smallest absolute Gasteiger partial charge is 0.303 e. The van der Waals surface area contributed by atoms with Crippen molar-refractivity contribution in [3.8, 4) is 0 Å². The van der Waals surface area contributed by atoms with Gasteiger partial charge in [-0.05, 0) is 30.7 Å². The van der Waals surface area contributed by atoms with E-state index in [1.807, 2.05) is 0 Å². The third-order valence-corrected chi connectivity index (χ3v) is 4.44. The lowest BCUT2D eigenvalue weighted by atomic mass is 10.2. The molecule has 23 heavy (non-hydrogen) atoms. The second kappa shape index (κ2) is 6.80. The first kappa shape index (κ1) is 17.0. The van der Waals surface area contributed by atoms with Crippen molar-refractivity contribution >= 4 is 33.5 Å². The second-order valence-corrected chi connectivity index (χ2v) is 6.66. The number of aromatic amines is 1. The number of benzene rings is 1. The van der Waals surface area contributed by atoms with Gasteiger partial charge in [0.2, 0.25) is 5.95 Å². The molecule has 10 heteroatoms. The van der Waals surface area contributed by atoms with E-state index < -0.39 is 21.6 Å². The monoisotopic (exact) mass is 357 g/mol. The molecule has 0 amide bonds. The van der Waals surface area contributed by atoms with Crippen LogP contribution in [-0.2, 0) is 21.2 Å². The van der Waals surface area contributed by atoms with Crippen molar-refractivity contribution in [2.45, 2.75) is 17.7 Å². The van der Waals surface area contributed by atoms with Crippen molar-refractivity contribution in [3.05, 3.63) is 51.4 Å². The molecule has 0 unspecified atom stereocenters. The van der Waals surface area contributed by atoms with E-state index in [0.29, 0.717) is 5.02 Å².